The Bertz CT molecular complexity index is 563. The molecular formula is C22H34O4. The molecule has 0 aliphatic rings. The minimum absolute atomic E-state index is 0.0996. The summed E-state index contributed by atoms with van der Waals surface area (Å²) in [7, 11) is 0. The van der Waals surface area contributed by atoms with Gasteiger partial charge in [-0.15, -0.1) is 0 Å². The maximum Gasteiger partial charge on any atom is 0.338 e. The lowest BCUT2D eigenvalue weighted by Crippen LogP contribution is -2.19. The third kappa shape index (κ3) is 9.02. The predicted octanol–water partition coefficient (Wildman–Crippen LogP) is 5.95. The average Bonchev–Trinajstić information content (AvgIpc) is 2.58. The second kappa shape index (κ2) is 11.7. The summed E-state index contributed by atoms with van der Waals surface area (Å²) >= 11 is 0. The standard InChI is InChI=1S/C22H34O4/c1-16(2)9-6-5-7-12-20(14-13-17(3)4)26-22(25)19-11-8-10-18(15-19)21(23)24/h8,10-11,15-17,20H,5-7,9,12-14H2,1-4H3,(H,23,24). The Hall–Kier alpha value is -1.84. The van der Waals surface area contributed by atoms with E-state index in [2.05, 4.69) is 27.7 Å². The highest BCUT2D eigenvalue weighted by molar-refractivity contribution is 5.94. The number of hydrogen-bond donors (Lipinski definition) is 1. The molecule has 4 nitrogen and oxygen atoms in total. The fraction of sp³-hybridized carbons (Fsp3) is 0.636. The van der Waals surface area contributed by atoms with Crippen LogP contribution < -0.4 is 0 Å². The minimum atomic E-state index is -1.04. The second-order valence-corrected chi connectivity index (χ2v) is 7.92. The number of unbranched alkanes of at least 4 members (excludes halogenated alkanes) is 2. The minimum Gasteiger partial charge on any atom is -0.478 e. The summed E-state index contributed by atoms with van der Waals surface area (Å²) in [4.78, 5) is 23.5. The van der Waals surface area contributed by atoms with Crippen molar-refractivity contribution in [3.63, 3.8) is 0 Å². The number of esters is 1. The molecule has 146 valence electrons. The van der Waals surface area contributed by atoms with Crippen molar-refractivity contribution >= 4 is 11.9 Å². The molecule has 0 bridgehead atoms. The van der Waals surface area contributed by atoms with Gasteiger partial charge in [0.05, 0.1) is 11.1 Å². The first-order valence-electron chi connectivity index (χ1n) is 9.84. The molecule has 1 rings (SSSR count). The number of carbonyl (C=O) groups excluding carboxylic acids is 1. The Morgan fingerprint density at radius 2 is 1.50 bits per heavy atom. The van der Waals surface area contributed by atoms with Crippen molar-refractivity contribution in [3.8, 4) is 0 Å². The molecule has 0 fully saturated rings. The van der Waals surface area contributed by atoms with Crippen molar-refractivity contribution in [3.05, 3.63) is 35.4 Å². The van der Waals surface area contributed by atoms with Crippen LogP contribution in [0.5, 0.6) is 0 Å². The van der Waals surface area contributed by atoms with Crippen LogP contribution in [0.3, 0.4) is 0 Å². The molecule has 0 aliphatic heterocycles. The van der Waals surface area contributed by atoms with Gasteiger partial charge in [0.25, 0.3) is 0 Å². The lowest BCUT2D eigenvalue weighted by atomic mass is 9.99. The van der Waals surface area contributed by atoms with Crippen molar-refractivity contribution < 1.29 is 19.4 Å². The van der Waals surface area contributed by atoms with Crippen LogP contribution >= 0.6 is 0 Å². The lowest BCUT2D eigenvalue weighted by Gasteiger charge is -2.19. The molecule has 0 aromatic heterocycles. The van der Waals surface area contributed by atoms with Crippen molar-refractivity contribution in [2.24, 2.45) is 11.8 Å². The van der Waals surface area contributed by atoms with Gasteiger partial charge in [-0.25, -0.2) is 9.59 Å². The summed E-state index contributed by atoms with van der Waals surface area (Å²) in [5.74, 6) is -0.177. The quantitative estimate of drug-likeness (QED) is 0.368. The van der Waals surface area contributed by atoms with Crippen molar-refractivity contribution in [2.75, 3.05) is 0 Å². The fourth-order valence-electron chi connectivity index (χ4n) is 2.88. The van der Waals surface area contributed by atoms with E-state index in [1.807, 2.05) is 0 Å². The van der Waals surface area contributed by atoms with E-state index < -0.39 is 11.9 Å². The van der Waals surface area contributed by atoms with Gasteiger partial charge >= 0.3 is 11.9 Å². The molecule has 0 aliphatic carbocycles. The Morgan fingerprint density at radius 3 is 2.12 bits per heavy atom. The molecule has 0 heterocycles. The highest BCUT2D eigenvalue weighted by Crippen LogP contribution is 2.19. The van der Waals surface area contributed by atoms with Gasteiger partial charge in [0, 0.05) is 0 Å². The van der Waals surface area contributed by atoms with E-state index in [0.29, 0.717) is 11.5 Å². The van der Waals surface area contributed by atoms with Crippen LogP contribution in [0.15, 0.2) is 24.3 Å². The first kappa shape index (κ1) is 22.2. The Balaban J connectivity index is 2.61. The molecule has 1 N–H and O–H groups in total. The zero-order valence-corrected chi connectivity index (χ0v) is 16.7. The van der Waals surface area contributed by atoms with Crippen LogP contribution in [0, 0.1) is 11.8 Å². The summed E-state index contributed by atoms with van der Waals surface area (Å²) in [5, 5.41) is 9.07. The van der Waals surface area contributed by atoms with E-state index in [9.17, 15) is 9.59 Å². The number of carboxylic acids is 1. The first-order valence-corrected chi connectivity index (χ1v) is 9.84. The number of carboxylic acid groups (broad SMARTS) is 1. The third-order valence-electron chi connectivity index (χ3n) is 4.49. The van der Waals surface area contributed by atoms with Crippen molar-refractivity contribution in [1.29, 1.82) is 0 Å². The van der Waals surface area contributed by atoms with Gasteiger partial charge in [-0.3, -0.25) is 0 Å². The van der Waals surface area contributed by atoms with E-state index >= 15 is 0 Å². The van der Waals surface area contributed by atoms with Gasteiger partial charge in [-0.1, -0.05) is 53.0 Å². The molecule has 0 saturated carbocycles. The fourth-order valence-corrected chi connectivity index (χ4v) is 2.88. The number of aromatic carboxylic acids is 1. The summed E-state index contributed by atoms with van der Waals surface area (Å²) in [6, 6.07) is 6.04. The molecule has 0 spiro atoms. The molecule has 1 aromatic rings. The maximum absolute atomic E-state index is 12.4. The summed E-state index contributed by atoms with van der Waals surface area (Å²) in [6.07, 6.45) is 7.29. The Kier molecular flexibility index (Phi) is 10.0. The molecule has 26 heavy (non-hydrogen) atoms. The molecule has 0 amide bonds. The van der Waals surface area contributed by atoms with Gasteiger partial charge < -0.3 is 9.84 Å². The summed E-state index contributed by atoms with van der Waals surface area (Å²) in [5.41, 5.74) is 0.408. The predicted molar refractivity (Wildman–Crippen MR) is 105 cm³/mol. The van der Waals surface area contributed by atoms with E-state index in [1.165, 1.54) is 25.0 Å². The number of ether oxygens (including phenoxy) is 1. The molecule has 1 aromatic carbocycles. The van der Waals surface area contributed by atoms with Crippen LogP contribution in [0.2, 0.25) is 0 Å². The highest BCUT2D eigenvalue weighted by atomic mass is 16.5. The van der Waals surface area contributed by atoms with Gasteiger partial charge in [0.2, 0.25) is 0 Å². The van der Waals surface area contributed by atoms with Crippen LogP contribution in [-0.2, 0) is 4.74 Å². The molecule has 0 radical (unpaired) electrons. The lowest BCUT2D eigenvalue weighted by molar-refractivity contribution is 0.0242. The van der Waals surface area contributed by atoms with E-state index in [-0.39, 0.29) is 11.7 Å². The topological polar surface area (TPSA) is 63.6 Å². The third-order valence-corrected chi connectivity index (χ3v) is 4.49. The van der Waals surface area contributed by atoms with Crippen molar-refractivity contribution in [1.82, 2.24) is 0 Å². The van der Waals surface area contributed by atoms with Gasteiger partial charge in [0.15, 0.2) is 0 Å². The van der Waals surface area contributed by atoms with Crippen LogP contribution in [-0.4, -0.2) is 23.1 Å². The van der Waals surface area contributed by atoms with Crippen molar-refractivity contribution in [2.45, 2.75) is 78.7 Å². The van der Waals surface area contributed by atoms with Crippen LogP contribution in [0.25, 0.3) is 0 Å². The van der Waals surface area contributed by atoms with E-state index in [0.717, 1.165) is 38.0 Å². The van der Waals surface area contributed by atoms with E-state index in [1.54, 1.807) is 12.1 Å². The van der Waals surface area contributed by atoms with Gasteiger partial charge in [-0.05, 0) is 55.7 Å². The summed E-state index contributed by atoms with van der Waals surface area (Å²) in [6.45, 7) is 8.80. The number of hydrogen-bond acceptors (Lipinski definition) is 3. The number of rotatable bonds is 12. The van der Waals surface area contributed by atoms with Crippen LogP contribution in [0.4, 0.5) is 0 Å². The largest absolute Gasteiger partial charge is 0.478 e. The molecule has 1 atom stereocenters. The van der Waals surface area contributed by atoms with Crippen LogP contribution in [0.1, 0.15) is 93.4 Å². The SMILES string of the molecule is CC(C)CCCCCC(CCC(C)C)OC(=O)c1cccc(C(=O)O)c1. The average molecular weight is 363 g/mol. The zero-order valence-electron chi connectivity index (χ0n) is 16.7. The number of benzene rings is 1. The molecular weight excluding hydrogens is 328 g/mol. The van der Waals surface area contributed by atoms with Gasteiger partial charge in [-0.2, -0.15) is 0 Å². The zero-order chi connectivity index (χ0) is 19.5. The van der Waals surface area contributed by atoms with Gasteiger partial charge in [0.1, 0.15) is 6.10 Å². The summed E-state index contributed by atoms with van der Waals surface area (Å²) < 4.78 is 5.72. The highest BCUT2D eigenvalue weighted by Gasteiger charge is 2.17. The molecule has 0 saturated heterocycles. The normalized spacial score (nSPS) is 12.4. The Morgan fingerprint density at radius 1 is 0.885 bits per heavy atom. The Labute approximate surface area is 158 Å². The number of carbonyl (C=O) groups is 2. The van der Waals surface area contributed by atoms with E-state index in [4.69, 9.17) is 9.84 Å². The molecule has 1 unspecified atom stereocenters. The first-order chi connectivity index (χ1) is 12.3. The molecule has 4 heteroatoms. The maximum atomic E-state index is 12.4. The smallest absolute Gasteiger partial charge is 0.338 e. The second-order valence-electron chi connectivity index (χ2n) is 7.92. The monoisotopic (exact) mass is 362 g/mol.